The zero-order valence-corrected chi connectivity index (χ0v) is 23.9. The van der Waals surface area contributed by atoms with Crippen LogP contribution < -0.4 is 15.5 Å². The number of oxazole rings is 1. The Labute approximate surface area is 246 Å². The van der Waals surface area contributed by atoms with Crippen molar-refractivity contribution in [2.24, 2.45) is 5.41 Å². The summed E-state index contributed by atoms with van der Waals surface area (Å²) in [6, 6.07) is 19.2. The third-order valence-electron chi connectivity index (χ3n) is 8.30. The predicted octanol–water partition coefficient (Wildman–Crippen LogP) is 6.09. The van der Waals surface area contributed by atoms with Crippen LogP contribution >= 0.6 is 11.3 Å². The van der Waals surface area contributed by atoms with Gasteiger partial charge >= 0.3 is 6.09 Å². The fraction of sp³-hybridized carbons (Fsp3) is 0.290. The van der Waals surface area contributed by atoms with Gasteiger partial charge in [0.2, 0.25) is 5.95 Å². The SMILES string of the molecule is CN(C(=O)OCc1ccccc1)c1ccc2c(c1)nc(NC(=O)c1ccc(-c3cnco3)s1)n2C1CC2(CCNC2)C1. The Balaban J connectivity index is 1.15. The van der Waals surface area contributed by atoms with Crippen molar-refractivity contribution < 1.29 is 18.7 Å². The van der Waals surface area contributed by atoms with Crippen molar-refractivity contribution in [3.05, 3.63) is 83.7 Å². The molecule has 1 spiro atoms. The van der Waals surface area contributed by atoms with E-state index in [1.54, 1.807) is 19.3 Å². The van der Waals surface area contributed by atoms with Gasteiger partial charge < -0.3 is 19.0 Å². The lowest BCUT2D eigenvalue weighted by Gasteiger charge is -2.46. The average molecular weight is 583 g/mol. The van der Waals surface area contributed by atoms with Crippen LogP contribution in [-0.2, 0) is 11.3 Å². The molecule has 7 rings (SSSR count). The number of ether oxygens (including phenoxy) is 1. The number of nitrogens with one attached hydrogen (secondary N) is 2. The lowest BCUT2D eigenvalue weighted by atomic mass is 9.65. The summed E-state index contributed by atoms with van der Waals surface area (Å²) >= 11 is 1.34. The Kier molecular flexibility index (Phi) is 6.75. The summed E-state index contributed by atoms with van der Waals surface area (Å²) in [4.78, 5) is 37.9. The highest BCUT2D eigenvalue weighted by Gasteiger charge is 2.47. The summed E-state index contributed by atoms with van der Waals surface area (Å²) in [5.74, 6) is 0.887. The number of fused-ring (bicyclic) bond motifs is 1. The molecule has 10 nitrogen and oxygen atoms in total. The predicted molar refractivity (Wildman–Crippen MR) is 161 cm³/mol. The first-order valence-electron chi connectivity index (χ1n) is 14.0. The number of rotatable bonds is 7. The Morgan fingerprint density at radius 1 is 1.19 bits per heavy atom. The van der Waals surface area contributed by atoms with Gasteiger partial charge in [-0.15, -0.1) is 11.3 Å². The van der Waals surface area contributed by atoms with Crippen molar-refractivity contribution in [3.63, 3.8) is 0 Å². The molecule has 42 heavy (non-hydrogen) atoms. The van der Waals surface area contributed by atoms with Crippen LogP contribution in [0.5, 0.6) is 0 Å². The topological polar surface area (TPSA) is 115 Å². The highest BCUT2D eigenvalue weighted by molar-refractivity contribution is 7.17. The number of carbonyl (C=O) groups is 2. The molecule has 3 aromatic heterocycles. The summed E-state index contributed by atoms with van der Waals surface area (Å²) in [6.07, 6.45) is 5.76. The zero-order chi connectivity index (χ0) is 28.7. The van der Waals surface area contributed by atoms with Crippen molar-refractivity contribution in [1.29, 1.82) is 0 Å². The molecule has 5 aromatic rings. The first-order valence-corrected chi connectivity index (χ1v) is 14.8. The van der Waals surface area contributed by atoms with E-state index in [1.165, 1.54) is 22.6 Å². The van der Waals surface area contributed by atoms with E-state index in [1.807, 2.05) is 54.6 Å². The van der Waals surface area contributed by atoms with Crippen molar-refractivity contribution in [2.45, 2.75) is 31.9 Å². The minimum Gasteiger partial charge on any atom is -0.444 e. The molecular formula is C31H30N6O4S. The minimum atomic E-state index is -0.457. The molecule has 2 amide bonds. The number of aromatic nitrogens is 3. The minimum absolute atomic E-state index is 0.191. The summed E-state index contributed by atoms with van der Waals surface area (Å²) in [6.45, 7) is 2.26. The van der Waals surface area contributed by atoms with Crippen LogP contribution in [0.25, 0.3) is 21.7 Å². The lowest BCUT2D eigenvalue weighted by molar-refractivity contribution is 0.0874. The second kappa shape index (κ2) is 10.7. The maximum absolute atomic E-state index is 13.4. The number of anilines is 2. The van der Waals surface area contributed by atoms with Crippen LogP contribution in [0, 0.1) is 5.41 Å². The Morgan fingerprint density at radius 3 is 2.81 bits per heavy atom. The van der Waals surface area contributed by atoms with Gasteiger partial charge in [0.1, 0.15) is 6.61 Å². The molecule has 4 heterocycles. The molecule has 1 saturated carbocycles. The number of thiophene rings is 1. The second-order valence-corrected chi connectivity index (χ2v) is 12.1. The number of benzene rings is 2. The smallest absolute Gasteiger partial charge is 0.414 e. The largest absolute Gasteiger partial charge is 0.444 e. The monoisotopic (exact) mass is 582 g/mol. The number of amides is 2. The number of imidazole rings is 1. The summed E-state index contributed by atoms with van der Waals surface area (Å²) in [7, 11) is 1.68. The second-order valence-electron chi connectivity index (χ2n) is 11.1. The van der Waals surface area contributed by atoms with Gasteiger partial charge in [0.05, 0.1) is 27.0 Å². The van der Waals surface area contributed by atoms with Crippen molar-refractivity contribution >= 4 is 46.0 Å². The molecule has 0 atom stereocenters. The van der Waals surface area contributed by atoms with Gasteiger partial charge in [0.15, 0.2) is 12.2 Å². The number of hydrogen-bond donors (Lipinski definition) is 2. The maximum Gasteiger partial charge on any atom is 0.414 e. The summed E-state index contributed by atoms with van der Waals surface area (Å²) < 4.78 is 13.1. The van der Waals surface area contributed by atoms with Crippen LogP contribution in [0.1, 0.15) is 40.5 Å². The van der Waals surface area contributed by atoms with Gasteiger partial charge in [-0.25, -0.2) is 14.8 Å². The molecule has 1 aliphatic carbocycles. The van der Waals surface area contributed by atoms with Crippen molar-refractivity contribution in [1.82, 2.24) is 19.9 Å². The van der Waals surface area contributed by atoms with E-state index in [4.69, 9.17) is 14.1 Å². The quantitative estimate of drug-likeness (QED) is 0.239. The molecule has 214 valence electrons. The lowest BCUT2D eigenvalue weighted by Crippen LogP contribution is -2.40. The zero-order valence-electron chi connectivity index (χ0n) is 23.1. The molecule has 2 aliphatic rings. The molecule has 0 bridgehead atoms. The first kappa shape index (κ1) is 26.4. The fourth-order valence-electron chi connectivity index (χ4n) is 6.03. The van der Waals surface area contributed by atoms with Crippen LogP contribution in [0.4, 0.5) is 16.4 Å². The Morgan fingerprint density at radius 2 is 2.05 bits per heavy atom. The highest BCUT2D eigenvalue weighted by atomic mass is 32.1. The van der Waals surface area contributed by atoms with Crippen LogP contribution in [0.15, 0.2) is 77.7 Å². The van der Waals surface area contributed by atoms with Gasteiger partial charge in [0, 0.05) is 25.3 Å². The molecule has 1 saturated heterocycles. The first-order chi connectivity index (χ1) is 20.5. The van der Waals surface area contributed by atoms with E-state index in [0.717, 1.165) is 48.3 Å². The van der Waals surface area contributed by atoms with Crippen molar-refractivity contribution in [3.8, 4) is 10.6 Å². The normalized spacial score (nSPS) is 19.6. The standard InChI is InChI=1S/C31H30N6O4S/c1-36(30(39)40-17-20-5-3-2-4-6-20)21-7-8-24-23(13-21)34-29(37(24)22-14-31(15-22)11-12-32-18-31)35-28(38)27-10-9-26(42-27)25-16-33-19-41-25/h2-10,13,16,19,22,32H,11-12,14-15,17-18H2,1H3,(H,34,35,38). The van der Waals surface area contributed by atoms with Gasteiger partial charge in [-0.05, 0) is 67.1 Å². The Hall–Kier alpha value is -4.48. The van der Waals surface area contributed by atoms with Crippen LogP contribution in [0.2, 0.25) is 0 Å². The Bertz CT molecular complexity index is 1730. The maximum atomic E-state index is 13.4. The molecule has 11 heteroatoms. The van der Waals surface area contributed by atoms with Crippen LogP contribution in [0.3, 0.4) is 0 Å². The van der Waals surface area contributed by atoms with E-state index >= 15 is 0 Å². The van der Waals surface area contributed by atoms with Gasteiger partial charge in [-0.2, -0.15) is 0 Å². The highest BCUT2D eigenvalue weighted by Crippen LogP contribution is 2.53. The summed E-state index contributed by atoms with van der Waals surface area (Å²) in [5.41, 5.74) is 3.50. The average Bonchev–Trinajstić information content (AvgIpc) is 3.81. The fourth-order valence-corrected chi connectivity index (χ4v) is 6.89. The third kappa shape index (κ3) is 4.94. The molecule has 0 unspecified atom stereocenters. The van der Waals surface area contributed by atoms with E-state index in [0.29, 0.717) is 33.2 Å². The van der Waals surface area contributed by atoms with E-state index in [-0.39, 0.29) is 18.6 Å². The van der Waals surface area contributed by atoms with Crippen molar-refractivity contribution in [2.75, 3.05) is 30.4 Å². The third-order valence-corrected chi connectivity index (χ3v) is 9.40. The number of nitrogens with zero attached hydrogens (tertiary/aromatic N) is 4. The van der Waals surface area contributed by atoms with Crippen LogP contribution in [-0.4, -0.2) is 46.7 Å². The molecule has 1 aliphatic heterocycles. The molecule has 2 N–H and O–H groups in total. The molecule has 2 aromatic carbocycles. The van der Waals surface area contributed by atoms with E-state index in [9.17, 15) is 9.59 Å². The van der Waals surface area contributed by atoms with Gasteiger partial charge in [-0.1, -0.05) is 30.3 Å². The van der Waals surface area contributed by atoms with Gasteiger partial charge in [0.25, 0.3) is 5.91 Å². The number of carbonyl (C=O) groups excluding carboxylic acids is 2. The number of hydrogen-bond acceptors (Lipinski definition) is 8. The summed E-state index contributed by atoms with van der Waals surface area (Å²) in [5, 5.41) is 6.57. The van der Waals surface area contributed by atoms with E-state index < -0.39 is 6.09 Å². The molecule has 2 fully saturated rings. The van der Waals surface area contributed by atoms with Gasteiger partial charge in [-0.3, -0.25) is 15.0 Å². The molecular weight excluding hydrogens is 552 g/mol. The molecule has 0 radical (unpaired) electrons. The van der Waals surface area contributed by atoms with E-state index in [2.05, 4.69) is 20.2 Å².